The van der Waals surface area contributed by atoms with Crippen LogP contribution in [0, 0.1) is 6.92 Å². The molecule has 0 saturated heterocycles. The number of benzene rings is 2. The van der Waals surface area contributed by atoms with Crippen molar-refractivity contribution in [1.29, 1.82) is 0 Å². The SMILES string of the molecule is Cc1ccc(-n2ncc(C(=O)Nc3cccc(S(=O)(=O)NCc4ccco4)c3)c2C(C)C)cc1. The Morgan fingerprint density at radius 1 is 1.09 bits per heavy atom. The van der Waals surface area contributed by atoms with Crippen LogP contribution in [0.5, 0.6) is 0 Å². The molecular weight excluding hydrogens is 452 g/mol. The second kappa shape index (κ2) is 9.66. The van der Waals surface area contributed by atoms with Crippen LogP contribution in [-0.4, -0.2) is 24.1 Å². The number of nitrogens with zero attached hydrogens (tertiary/aromatic N) is 2. The average molecular weight is 479 g/mol. The maximum atomic E-state index is 13.1. The minimum atomic E-state index is -3.79. The number of aromatic nitrogens is 2. The van der Waals surface area contributed by atoms with Crippen LogP contribution in [0.1, 0.15) is 47.1 Å². The van der Waals surface area contributed by atoms with Crippen molar-refractivity contribution < 1.29 is 17.6 Å². The van der Waals surface area contributed by atoms with Crippen LogP contribution < -0.4 is 10.0 Å². The third kappa shape index (κ3) is 5.11. The van der Waals surface area contributed by atoms with Crippen LogP contribution >= 0.6 is 0 Å². The fourth-order valence-corrected chi connectivity index (χ4v) is 4.62. The van der Waals surface area contributed by atoms with Gasteiger partial charge in [-0.1, -0.05) is 37.6 Å². The second-order valence-electron chi connectivity index (χ2n) is 8.23. The van der Waals surface area contributed by atoms with E-state index in [4.69, 9.17) is 4.42 Å². The molecule has 9 heteroatoms. The standard InChI is InChI=1S/C25H26N4O4S/c1-17(2)24-23(16-26-29(24)20-11-9-18(3)10-12-20)25(30)28-19-6-4-8-22(14-19)34(31,32)27-15-21-7-5-13-33-21/h4-14,16-17,27H,15H2,1-3H3,(H,28,30). The first kappa shape index (κ1) is 23.5. The van der Waals surface area contributed by atoms with E-state index >= 15 is 0 Å². The number of aryl methyl sites for hydroxylation is 1. The minimum Gasteiger partial charge on any atom is -0.468 e. The van der Waals surface area contributed by atoms with Gasteiger partial charge in [0.15, 0.2) is 0 Å². The molecule has 0 saturated carbocycles. The Morgan fingerprint density at radius 2 is 1.85 bits per heavy atom. The Balaban J connectivity index is 1.56. The molecule has 0 spiro atoms. The lowest BCUT2D eigenvalue weighted by atomic mass is 10.0. The van der Waals surface area contributed by atoms with E-state index in [-0.39, 0.29) is 23.3 Å². The van der Waals surface area contributed by atoms with Crippen molar-refractivity contribution in [1.82, 2.24) is 14.5 Å². The molecule has 0 radical (unpaired) electrons. The first-order valence-electron chi connectivity index (χ1n) is 10.8. The Labute approximate surface area is 198 Å². The van der Waals surface area contributed by atoms with Crippen molar-refractivity contribution >= 4 is 21.6 Å². The Morgan fingerprint density at radius 3 is 2.53 bits per heavy atom. The summed E-state index contributed by atoms with van der Waals surface area (Å²) >= 11 is 0. The van der Waals surface area contributed by atoms with Gasteiger partial charge in [0, 0.05) is 5.69 Å². The molecule has 2 heterocycles. The zero-order valence-electron chi connectivity index (χ0n) is 19.1. The normalized spacial score (nSPS) is 11.6. The van der Waals surface area contributed by atoms with Crippen molar-refractivity contribution in [2.45, 2.75) is 38.1 Å². The number of furan rings is 1. The summed E-state index contributed by atoms with van der Waals surface area (Å²) in [5.41, 5.74) is 3.56. The molecule has 4 rings (SSSR count). The molecule has 0 atom stereocenters. The molecule has 0 unspecified atom stereocenters. The molecule has 1 amide bonds. The van der Waals surface area contributed by atoms with E-state index in [1.54, 1.807) is 28.9 Å². The summed E-state index contributed by atoms with van der Waals surface area (Å²) in [6, 6.07) is 17.4. The topological polar surface area (TPSA) is 106 Å². The molecule has 8 nitrogen and oxygen atoms in total. The third-order valence-corrected chi connectivity index (χ3v) is 6.69. The summed E-state index contributed by atoms with van der Waals surface area (Å²) in [6.07, 6.45) is 3.02. The summed E-state index contributed by atoms with van der Waals surface area (Å²) in [4.78, 5) is 13.2. The van der Waals surface area contributed by atoms with Crippen LogP contribution in [0.3, 0.4) is 0 Å². The first-order chi connectivity index (χ1) is 16.2. The zero-order valence-corrected chi connectivity index (χ0v) is 20.0. The molecule has 4 aromatic rings. The predicted molar refractivity (Wildman–Crippen MR) is 130 cm³/mol. The van der Waals surface area contributed by atoms with Gasteiger partial charge in [0.2, 0.25) is 10.0 Å². The van der Waals surface area contributed by atoms with Gasteiger partial charge in [-0.15, -0.1) is 0 Å². The van der Waals surface area contributed by atoms with Gasteiger partial charge in [-0.3, -0.25) is 4.79 Å². The van der Waals surface area contributed by atoms with Crippen molar-refractivity contribution in [3.05, 3.63) is 95.7 Å². The highest BCUT2D eigenvalue weighted by molar-refractivity contribution is 7.89. The monoisotopic (exact) mass is 478 g/mol. The van der Waals surface area contributed by atoms with E-state index in [0.717, 1.165) is 16.9 Å². The lowest BCUT2D eigenvalue weighted by Crippen LogP contribution is -2.23. The van der Waals surface area contributed by atoms with Gasteiger partial charge in [-0.05, 0) is 55.3 Å². The average Bonchev–Trinajstić information content (AvgIpc) is 3.49. The number of hydrogen-bond donors (Lipinski definition) is 2. The number of anilines is 1. The molecule has 0 fully saturated rings. The zero-order chi connectivity index (χ0) is 24.3. The van der Waals surface area contributed by atoms with Gasteiger partial charge in [-0.2, -0.15) is 5.10 Å². The van der Waals surface area contributed by atoms with Gasteiger partial charge in [-0.25, -0.2) is 17.8 Å². The first-order valence-corrected chi connectivity index (χ1v) is 12.3. The molecule has 176 valence electrons. The fourth-order valence-electron chi connectivity index (χ4n) is 3.58. The maximum absolute atomic E-state index is 13.1. The van der Waals surface area contributed by atoms with Crippen LogP contribution in [0.4, 0.5) is 5.69 Å². The van der Waals surface area contributed by atoms with E-state index in [0.29, 0.717) is 17.0 Å². The number of nitrogens with one attached hydrogen (secondary N) is 2. The van der Waals surface area contributed by atoms with Gasteiger partial charge in [0.1, 0.15) is 5.76 Å². The predicted octanol–water partition coefficient (Wildman–Crippen LogP) is 4.63. The van der Waals surface area contributed by atoms with E-state index in [9.17, 15) is 13.2 Å². The number of rotatable bonds is 8. The number of carbonyl (C=O) groups excluding carboxylic acids is 1. The highest BCUT2D eigenvalue weighted by Crippen LogP contribution is 2.25. The molecule has 34 heavy (non-hydrogen) atoms. The van der Waals surface area contributed by atoms with Gasteiger partial charge in [0.25, 0.3) is 5.91 Å². The summed E-state index contributed by atoms with van der Waals surface area (Å²) in [6.45, 7) is 6.03. The molecule has 2 N–H and O–H groups in total. The highest BCUT2D eigenvalue weighted by Gasteiger charge is 2.22. The van der Waals surface area contributed by atoms with Gasteiger partial charge < -0.3 is 9.73 Å². The molecule has 0 aliphatic heterocycles. The molecule has 0 aliphatic carbocycles. The largest absolute Gasteiger partial charge is 0.468 e. The molecule has 0 bridgehead atoms. The number of amides is 1. The molecule has 2 aromatic heterocycles. The smallest absolute Gasteiger partial charge is 0.259 e. The summed E-state index contributed by atoms with van der Waals surface area (Å²) in [5, 5.41) is 7.25. The molecule has 0 aliphatic rings. The number of hydrogen-bond acceptors (Lipinski definition) is 5. The van der Waals surface area contributed by atoms with Crippen molar-refractivity contribution in [3.8, 4) is 5.69 Å². The quantitative estimate of drug-likeness (QED) is 0.384. The van der Waals surface area contributed by atoms with Crippen LogP contribution in [0.2, 0.25) is 0 Å². The lowest BCUT2D eigenvalue weighted by molar-refractivity contribution is 0.102. The highest BCUT2D eigenvalue weighted by atomic mass is 32.2. The Kier molecular flexibility index (Phi) is 6.67. The maximum Gasteiger partial charge on any atom is 0.259 e. The van der Waals surface area contributed by atoms with Crippen LogP contribution in [-0.2, 0) is 16.6 Å². The summed E-state index contributed by atoms with van der Waals surface area (Å²) < 4.78 is 34.8. The van der Waals surface area contributed by atoms with E-state index in [1.165, 1.54) is 24.6 Å². The summed E-state index contributed by atoms with van der Waals surface area (Å²) in [7, 11) is -3.79. The van der Waals surface area contributed by atoms with E-state index in [1.807, 2.05) is 45.0 Å². The van der Waals surface area contributed by atoms with Gasteiger partial charge in [0.05, 0.1) is 40.8 Å². The fraction of sp³-hybridized carbons (Fsp3) is 0.200. The second-order valence-corrected chi connectivity index (χ2v) is 10.00. The third-order valence-electron chi connectivity index (χ3n) is 5.30. The number of carbonyl (C=O) groups is 1. The summed E-state index contributed by atoms with van der Waals surface area (Å²) in [5.74, 6) is 0.169. The van der Waals surface area contributed by atoms with Gasteiger partial charge >= 0.3 is 0 Å². The lowest BCUT2D eigenvalue weighted by Gasteiger charge is -2.13. The van der Waals surface area contributed by atoms with E-state index < -0.39 is 10.0 Å². The molecular formula is C25H26N4O4S. The van der Waals surface area contributed by atoms with Crippen LogP contribution in [0.25, 0.3) is 5.69 Å². The van der Waals surface area contributed by atoms with Crippen molar-refractivity contribution in [2.24, 2.45) is 0 Å². The van der Waals surface area contributed by atoms with Crippen LogP contribution in [0.15, 0.2) is 82.4 Å². The van der Waals surface area contributed by atoms with Crippen molar-refractivity contribution in [3.63, 3.8) is 0 Å². The van der Waals surface area contributed by atoms with E-state index in [2.05, 4.69) is 15.1 Å². The minimum absolute atomic E-state index is 0.0296. The number of sulfonamides is 1. The van der Waals surface area contributed by atoms with Crippen molar-refractivity contribution in [2.75, 3.05) is 5.32 Å². The molecule has 2 aromatic carbocycles. The Hall–Kier alpha value is -3.69. The Bertz CT molecular complexity index is 1390.